The molecule has 0 spiro atoms. The Hall–Kier alpha value is -3.80. The van der Waals surface area contributed by atoms with Crippen LogP contribution in [0.15, 0.2) is 73.1 Å². The minimum atomic E-state index is -0.134. The molecule has 4 rings (SSSR count). The molecule has 0 atom stereocenters. The number of nitrogens with one attached hydrogen (secondary N) is 1. The lowest BCUT2D eigenvalue weighted by Gasteiger charge is -2.13. The number of amides is 1. The first-order valence-corrected chi connectivity index (χ1v) is 10.2. The number of rotatable bonds is 7. The number of aromatic nitrogens is 2. The zero-order valence-electron chi connectivity index (χ0n) is 18.0. The van der Waals surface area contributed by atoms with E-state index in [1.165, 1.54) is 0 Å². The van der Waals surface area contributed by atoms with Crippen LogP contribution in [0.3, 0.4) is 0 Å². The molecule has 4 aromatic rings. The molecular weight excluding hydrogens is 388 g/mol. The Kier molecular flexibility index (Phi) is 5.89. The number of aryl methyl sites for hydroxylation is 1. The van der Waals surface area contributed by atoms with Crippen molar-refractivity contribution in [2.75, 3.05) is 19.0 Å². The van der Waals surface area contributed by atoms with Gasteiger partial charge in [-0.1, -0.05) is 24.3 Å². The summed E-state index contributed by atoms with van der Waals surface area (Å²) in [6, 6.07) is 19.4. The van der Waals surface area contributed by atoms with Crippen molar-refractivity contribution in [1.29, 1.82) is 0 Å². The van der Waals surface area contributed by atoms with Gasteiger partial charge < -0.3 is 19.4 Å². The van der Waals surface area contributed by atoms with E-state index in [9.17, 15) is 4.79 Å². The van der Waals surface area contributed by atoms with Crippen LogP contribution in [0.1, 0.15) is 27.2 Å². The van der Waals surface area contributed by atoms with Gasteiger partial charge >= 0.3 is 0 Å². The van der Waals surface area contributed by atoms with Gasteiger partial charge in [-0.05, 0) is 54.4 Å². The number of nitrogens with zero attached hydrogens (tertiary/aromatic N) is 3. The van der Waals surface area contributed by atoms with Gasteiger partial charge in [-0.25, -0.2) is 4.98 Å². The van der Waals surface area contributed by atoms with Gasteiger partial charge in [0.1, 0.15) is 18.0 Å². The van der Waals surface area contributed by atoms with E-state index in [1.54, 1.807) is 12.1 Å². The molecule has 0 fully saturated rings. The Labute approximate surface area is 182 Å². The van der Waals surface area contributed by atoms with Gasteiger partial charge in [0.05, 0.1) is 5.69 Å². The molecule has 2 aromatic carbocycles. The van der Waals surface area contributed by atoms with Crippen LogP contribution in [0.4, 0.5) is 5.69 Å². The number of fused-ring (bicyclic) bond motifs is 1. The van der Waals surface area contributed by atoms with Gasteiger partial charge in [0.2, 0.25) is 0 Å². The fraction of sp³-hybridized carbons (Fsp3) is 0.200. The number of carbonyl (C=O) groups is 1. The molecule has 0 aliphatic heterocycles. The Bertz CT molecular complexity index is 1200. The van der Waals surface area contributed by atoms with Crippen molar-refractivity contribution in [1.82, 2.24) is 14.7 Å². The number of imidazole rings is 1. The lowest BCUT2D eigenvalue weighted by atomic mass is 10.1. The molecule has 2 heterocycles. The average molecular weight is 415 g/mol. The molecule has 1 N–H and O–H groups in total. The number of pyridine rings is 1. The summed E-state index contributed by atoms with van der Waals surface area (Å²) in [5, 5.41) is 2.97. The van der Waals surface area contributed by atoms with Gasteiger partial charge in [0, 0.05) is 44.3 Å². The number of ether oxygens (including phenoxy) is 1. The zero-order valence-corrected chi connectivity index (χ0v) is 18.0. The minimum Gasteiger partial charge on any atom is -0.487 e. The molecule has 0 bridgehead atoms. The number of hydrogen-bond donors (Lipinski definition) is 1. The normalized spacial score (nSPS) is 10.8. The van der Waals surface area contributed by atoms with Crippen molar-refractivity contribution in [3.63, 3.8) is 0 Å². The van der Waals surface area contributed by atoms with Crippen LogP contribution in [0.5, 0.6) is 5.75 Å². The predicted molar refractivity (Wildman–Crippen MR) is 123 cm³/mol. The summed E-state index contributed by atoms with van der Waals surface area (Å²) in [7, 11) is 4.00. The van der Waals surface area contributed by atoms with E-state index in [-0.39, 0.29) is 5.91 Å². The van der Waals surface area contributed by atoms with Crippen molar-refractivity contribution in [3.8, 4) is 5.75 Å². The molecule has 0 saturated heterocycles. The van der Waals surface area contributed by atoms with Crippen molar-refractivity contribution in [3.05, 3.63) is 95.4 Å². The topological polar surface area (TPSA) is 58.9 Å². The van der Waals surface area contributed by atoms with Crippen molar-refractivity contribution in [2.45, 2.75) is 20.1 Å². The summed E-state index contributed by atoms with van der Waals surface area (Å²) in [5.74, 6) is 0.502. The molecule has 158 valence electrons. The quantitative estimate of drug-likeness (QED) is 0.492. The van der Waals surface area contributed by atoms with E-state index in [0.717, 1.165) is 28.2 Å². The van der Waals surface area contributed by atoms with Gasteiger partial charge in [0.25, 0.3) is 5.91 Å². The second-order valence-corrected chi connectivity index (χ2v) is 7.71. The Morgan fingerprint density at radius 3 is 2.65 bits per heavy atom. The van der Waals surface area contributed by atoms with Crippen molar-refractivity contribution < 1.29 is 9.53 Å². The monoisotopic (exact) mass is 414 g/mol. The fourth-order valence-electron chi connectivity index (χ4n) is 3.35. The molecule has 0 aliphatic carbocycles. The van der Waals surface area contributed by atoms with E-state index in [4.69, 9.17) is 4.74 Å². The summed E-state index contributed by atoms with van der Waals surface area (Å²) < 4.78 is 7.88. The minimum absolute atomic E-state index is 0.134. The molecule has 6 nitrogen and oxygen atoms in total. The van der Waals surface area contributed by atoms with Crippen LogP contribution in [0, 0.1) is 6.92 Å². The second-order valence-electron chi connectivity index (χ2n) is 7.71. The standard InChI is InChI=1S/C25H26N4O2/c1-18-6-5-13-29-16-21(27-24(18)29)17-31-23-8-4-7-20(14-23)25(30)26-15-19-9-11-22(12-10-19)28(2)3/h4-14,16H,15,17H2,1-3H3,(H,26,30). The average Bonchev–Trinajstić information content (AvgIpc) is 3.21. The summed E-state index contributed by atoms with van der Waals surface area (Å²) in [5.41, 5.74) is 5.62. The Balaban J connectivity index is 1.36. The van der Waals surface area contributed by atoms with E-state index < -0.39 is 0 Å². The number of hydrogen-bond acceptors (Lipinski definition) is 4. The van der Waals surface area contributed by atoms with E-state index in [2.05, 4.69) is 10.3 Å². The van der Waals surface area contributed by atoms with Crippen LogP contribution in [0.25, 0.3) is 5.65 Å². The summed E-state index contributed by atoms with van der Waals surface area (Å²) in [6.45, 7) is 2.84. The highest BCUT2D eigenvalue weighted by Gasteiger charge is 2.09. The first kappa shape index (κ1) is 20.5. The molecule has 0 aliphatic rings. The highest BCUT2D eigenvalue weighted by Crippen LogP contribution is 2.17. The SMILES string of the molecule is Cc1cccn2cc(COc3cccc(C(=O)NCc4ccc(N(C)C)cc4)c3)nc12. The van der Waals surface area contributed by atoms with Gasteiger partial charge in [-0.15, -0.1) is 0 Å². The Morgan fingerprint density at radius 2 is 1.90 bits per heavy atom. The van der Waals surface area contributed by atoms with E-state index in [1.807, 2.05) is 91.2 Å². The lowest BCUT2D eigenvalue weighted by molar-refractivity contribution is 0.0950. The maximum Gasteiger partial charge on any atom is 0.251 e. The molecule has 6 heteroatoms. The highest BCUT2D eigenvalue weighted by molar-refractivity contribution is 5.94. The van der Waals surface area contributed by atoms with Gasteiger partial charge in [0.15, 0.2) is 0 Å². The van der Waals surface area contributed by atoms with Crippen LogP contribution in [0.2, 0.25) is 0 Å². The molecule has 2 aromatic heterocycles. The third-order valence-corrected chi connectivity index (χ3v) is 5.12. The van der Waals surface area contributed by atoms with E-state index >= 15 is 0 Å². The predicted octanol–water partition coefficient (Wildman–Crippen LogP) is 4.22. The first-order valence-electron chi connectivity index (χ1n) is 10.2. The molecule has 31 heavy (non-hydrogen) atoms. The van der Waals surface area contributed by atoms with Crippen molar-refractivity contribution in [2.24, 2.45) is 0 Å². The number of carbonyl (C=O) groups excluding carboxylic acids is 1. The molecule has 0 unspecified atom stereocenters. The van der Waals surface area contributed by atoms with E-state index in [0.29, 0.717) is 24.5 Å². The third kappa shape index (κ3) is 4.86. The third-order valence-electron chi connectivity index (χ3n) is 5.12. The molecular formula is C25H26N4O2. The second kappa shape index (κ2) is 8.92. The summed E-state index contributed by atoms with van der Waals surface area (Å²) >= 11 is 0. The number of anilines is 1. The largest absolute Gasteiger partial charge is 0.487 e. The van der Waals surface area contributed by atoms with Crippen molar-refractivity contribution >= 4 is 17.2 Å². The van der Waals surface area contributed by atoms with Crippen LogP contribution >= 0.6 is 0 Å². The maximum atomic E-state index is 12.6. The summed E-state index contributed by atoms with van der Waals surface area (Å²) in [4.78, 5) is 19.2. The smallest absolute Gasteiger partial charge is 0.251 e. The van der Waals surface area contributed by atoms with Crippen LogP contribution in [-0.2, 0) is 13.2 Å². The zero-order chi connectivity index (χ0) is 21.8. The molecule has 1 amide bonds. The van der Waals surface area contributed by atoms with Gasteiger partial charge in [-0.2, -0.15) is 0 Å². The molecule has 0 radical (unpaired) electrons. The molecule has 0 saturated carbocycles. The summed E-state index contributed by atoms with van der Waals surface area (Å²) in [6.07, 6.45) is 3.93. The highest BCUT2D eigenvalue weighted by atomic mass is 16.5. The Morgan fingerprint density at radius 1 is 1.10 bits per heavy atom. The maximum absolute atomic E-state index is 12.6. The first-order chi connectivity index (χ1) is 15.0. The van der Waals surface area contributed by atoms with Gasteiger partial charge in [-0.3, -0.25) is 4.79 Å². The number of benzene rings is 2. The van der Waals surface area contributed by atoms with Crippen LogP contribution in [-0.4, -0.2) is 29.4 Å². The lowest BCUT2D eigenvalue weighted by Crippen LogP contribution is -2.22. The van der Waals surface area contributed by atoms with Crippen LogP contribution < -0.4 is 15.0 Å². The fourth-order valence-corrected chi connectivity index (χ4v) is 3.35.